The number of ether oxygens (including phenoxy) is 1. The first-order chi connectivity index (χ1) is 6.86. The fourth-order valence-corrected chi connectivity index (χ4v) is 2.14. The number of isocyanates is 1. The van der Waals surface area contributed by atoms with Gasteiger partial charge in [0.2, 0.25) is 6.08 Å². The number of methoxy groups -OCH3 is 1. The molecule has 1 aromatic heterocycles. The van der Waals surface area contributed by atoms with Crippen molar-refractivity contribution in [1.29, 1.82) is 0 Å². The molecule has 3 nitrogen and oxygen atoms in total. The standard InChI is InChI=1S/C10H7NO2S/c1-13-10-7-4-5-14-9(7)3-2-8(10)11-6-12/h2-5H,1H3. The van der Waals surface area contributed by atoms with E-state index in [0.717, 1.165) is 10.1 Å². The van der Waals surface area contributed by atoms with Gasteiger partial charge in [0.15, 0.2) is 5.75 Å². The molecule has 2 aromatic rings. The van der Waals surface area contributed by atoms with Gasteiger partial charge in [0.1, 0.15) is 5.69 Å². The highest BCUT2D eigenvalue weighted by Gasteiger charge is 2.07. The average Bonchev–Trinajstić information content (AvgIpc) is 2.66. The van der Waals surface area contributed by atoms with Crippen LogP contribution in [0.5, 0.6) is 5.75 Å². The van der Waals surface area contributed by atoms with Crippen LogP contribution in [0.25, 0.3) is 10.1 Å². The van der Waals surface area contributed by atoms with Crippen LogP contribution in [-0.4, -0.2) is 13.2 Å². The van der Waals surface area contributed by atoms with Crippen LogP contribution < -0.4 is 4.74 Å². The Bertz CT molecular complexity index is 512. The lowest BCUT2D eigenvalue weighted by atomic mass is 10.2. The Kier molecular flexibility index (Phi) is 2.31. The topological polar surface area (TPSA) is 38.7 Å². The van der Waals surface area contributed by atoms with Gasteiger partial charge in [0, 0.05) is 10.1 Å². The molecule has 1 aromatic carbocycles. The minimum absolute atomic E-state index is 0.522. The van der Waals surface area contributed by atoms with Crippen molar-refractivity contribution < 1.29 is 9.53 Å². The van der Waals surface area contributed by atoms with Crippen LogP contribution >= 0.6 is 11.3 Å². The van der Waals surface area contributed by atoms with Crippen molar-refractivity contribution in [3.05, 3.63) is 23.6 Å². The van der Waals surface area contributed by atoms with E-state index in [1.54, 1.807) is 24.5 Å². The number of hydrogen-bond acceptors (Lipinski definition) is 4. The normalized spacial score (nSPS) is 9.79. The van der Waals surface area contributed by atoms with Crippen molar-refractivity contribution in [2.75, 3.05) is 7.11 Å². The molecule has 0 spiro atoms. The second-order valence-electron chi connectivity index (χ2n) is 2.65. The SMILES string of the molecule is COc1c(N=C=O)ccc2sccc12. The van der Waals surface area contributed by atoms with Gasteiger partial charge in [-0.05, 0) is 23.6 Å². The van der Waals surface area contributed by atoms with Crippen LogP contribution in [0.1, 0.15) is 0 Å². The van der Waals surface area contributed by atoms with Crippen LogP contribution in [0.3, 0.4) is 0 Å². The Balaban J connectivity index is 2.78. The summed E-state index contributed by atoms with van der Waals surface area (Å²) in [5.74, 6) is 0.632. The molecule has 1 heterocycles. The molecule has 0 atom stereocenters. The molecule has 0 radical (unpaired) electrons. The van der Waals surface area contributed by atoms with Crippen molar-refractivity contribution in [3.8, 4) is 5.75 Å². The Morgan fingerprint density at radius 2 is 2.29 bits per heavy atom. The monoisotopic (exact) mass is 205 g/mol. The molecule has 70 valence electrons. The van der Waals surface area contributed by atoms with Gasteiger partial charge in [-0.25, -0.2) is 4.79 Å². The molecule has 0 amide bonds. The fourth-order valence-electron chi connectivity index (χ4n) is 1.36. The maximum absolute atomic E-state index is 10.2. The van der Waals surface area contributed by atoms with Gasteiger partial charge in [0.25, 0.3) is 0 Å². The molecule has 0 N–H and O–H groups in total. The Morgan fingerprint density at radius 1 is 1.43 bits per heavy atom. The van der Waals surface area contributed by atoms with E-state index in [2.05, 4.69) is 4.99 Å². The van der Waals surface area contributed by atoms with E-state index in [1.165, 1.54) is 6.08 Å². The van der Waals surface area contributed by atoms with Crippen molar-refractivity contribution in [3.63, 3.8) is 0 Å². The third-order valence-electron chi connectivity index (χ3n) is 1.94. The lowest BCUT2D eigenvalue weighted by molar-refractivity contribution is 0.421. The van der Waals surface area contributed by atoms with Crippen molar-refractivity contribution >= 4 is 33.2 Å². The Hall–Kier alpha value is -1.64. The summed E-state index contributed by atoms with van der Waals surface area (Å²) in [7, 11) is 1.57. The number of benzene rings is 1. The molecular formula is C10H7NO2S. The minimum atomic E-state index is 0.522. The van der Waals surface area contributed by atoms with Crippen molar-refractivity contribution in [2.45, 2.75) is 0 Å². The summed E-state index contributed by atoms with van der Waals surface area (Å²) in [6, 6.07) is 5.61. The third-order valence-corrected chi connectivity index (χ3v) is 2.82. The van der Waals surface area contributed by atoms with E-state index >= 15 is 0 Å². The summed E-state index contributed by atoms with van der Waals surface area (Å²) in [6.45, 7) is 0. The molecule has 0 unspecified atom stereocenters. The van der Waals surface area contributed by atoms with Crippen molar-refractivity contribution in [1.82, 2.24) is 0 Å². The number of hydrogen-bond donors (Lipinski definition) is 0. The van der Waals surface area contributed by atoms with Crippen LogP contribution in [0.2, 0.25) is 0 Å². The number of nitrogens with zero attached hydrogens (tertiary/aromatic N) is 1. The maximum Gasteiger partial charge on any atom is 0.240 e. The van der Waals surface area contributed by atoms with Crippen LogP contribution in [-0.2, 0) is 4.79 Å². The predicted octanol–water partition coefficient (Wildman–Crippen LogP) is 2.88. The van der Waals surface area contributed by atoms with Crippen LogP contribution in [0.15, 0.2) is 28.6 Å². The van der Waals surface area contributed by atoms with Crippen LogP contribution in [0.4, 0.5) is 5.69 Å². The molecule has 0 fully saturated rings. The average molecular weight is 205 g/mol. The molecule has 0 aliphatic rings. The largest absolute Gasteiger partial charge is 0.494 e. The third kappa shape index (κ3) is 1.31. The summed E-state index contributed by atoms with van der Waals surface area (Å²) in [5, 5.41) is 2.95. The Morgan fingerprint density at radius 3 is 3.00 bits per heavy atom. The van der Waals surface area contributed by atoms with Gasteiger partial charge in [-0.1, -0.05) is 0 Å². The van der Waals surface area contributed by atoms with Gasteiger partial charge in [-0.3, -0.25) is 0 Å². The number of thiophene rings is 1. The molecule has 0 saturated heterocycles. The van der Waals surface area contributed by atoms with E-state index in [-0.39, 0.29) is 0 Å². The first-order valence-corrected chi connectivity index (χ1v) is 4.87. The lowest BCUT2D eigenvalue weighted by Crippen LogP contribution is -1.83. The molecule has 0 bridgehead atoms. The number of fused-ring (bicyclic) bond motifs is 1. The highest BCUT2D eigenvalue weighted by Crippen LogP contribution is 2.37. The lowest BCUT2D eigenvalue weighted by Gasteiger charge is -2.03. The predicted molar refractivity (Wildman–Crippen MR) is 56.2 cm³/mol. The summed E-state index contributed by atoms with van der Waals surface area (Å²) in [4.78, 5) is 13.8. The van der Waals surface area contributed by atoms with Gasteiger partial charge in [-0.2, -0.15) is 4.99 Å². The van der Waals surface area contributed by atoms with Gasteiger partial charge < -0.3 is 4.74 Å². The van der Waals surface area contributed by atoms with Crippen LogP contribution in [0, 0.1) is 0 Å². The molecule has 0 aliphatic carbocycles. The molecule has 4 heteroatoms. The van der Waals surface area contributed by atoms with E-state index in [4.69, 9.17) is 4.74 Å². The first kappa shape index (κ1) is 8.94. The molecule has 0 saturated carbocycles. The second-order valence-corrected chi connectivity index (χ2v) is 3.60. The molecule has 2 rings (SSSR count). The quantitative estimate of drug-likeness (QED) is 0.558. The zero-order valence-corrected chi connectivity index (χ0v) is 8.30. The van der Waals surface area contributed by atoms with Crippen molar-refractivity contribution in [2.24, 2.45) is 4.99 Å². The fraction of sp³-hybridized carbons (Fsp3) is 0.100. The first-order valence-electron chi connectivity index (χ1n) is 3.99. The summed E-state index contributed by atoms with van der Waals surface area (Å²) in [5.41, 5.74) is 0.522. The summed E-state index contributed by atoms with van der Waals surface area (Å²) < 4.78 is 6.32. The summed E-state index contributed by atoms with van der Waals surface area (Å²) in [6.07, 6.45) is 1.51. The molecule has 14 heavy (non-hydrogen) atoms. The zero-order valence-electron chi connectivity index (χ0n) is 7.48. The highest BCUT2D eigenvalue weighted by molar-refractivity contribution is 7.17. The van der Waals surface area contributed by atoms with Gasteiger partial charge in [-0.15, -0.1) is 11.3 Å². The van der Waals surface area contributed by atoms with E-state index in [0.29, 0.717) is 11.4 Å². The maximum atomic E-state index is 10.2. The molecular weight excluding hydrogens is 198 g/mol. The summed E-state index contributed by atoms with van der Waals surface area (Å²) >= 11 is 1.62. The van der Waals surface area contributed by atoms with E-state index in [1.807, 2.05) is 17.5 Å². The highest BCUT2D eigenvalue weighted by atomic mass is 32.1. The number of rotatable bonds is 2. The van der Waals surface area contributed by atoms with E-state index < -0.39 is 0 Å². The number of aliphatic imine (C=N–C) groups is 1. The van der Waals surface area contributed by atoms with Gasteiger partial charge >= 0.3 is 0 Å². The van der Waals surface area contributed by atoms with E-state index in [9.17, 15) is 4.79 Å². The minimum Gasteiger partial charge on any atom is -0.494 e. The number of carbonyl (C=O) groups excluding carboxylic acids is 1. The Labute approximate surface area is 84.7 Å². The molecule has 0 aliphatic heterocycles. The second kappa shape index (κ2) is 3.62. The smallest absolute Gasteiger partial charge is 0.240 e. The zero-order chi connectivity index (χ0) is 9.97. The van der Waals surface area contributed by atoms with Gasteiger partial charge in [0.05, 0.1) is 7.11 Å².